The van der Waals surface area contributed by atoms with E-state index in [1.807, 2.05) is 0 Å². The topological polar surface area (TPSA) is 61.4 Å². The Kier molecular flexibility index (Phi) is 5.11. The molecule has 0 heterocycles. The summed E-state index contributed by atoms with van der Waals surface area (Å²) in [7, 11) is 0. The third kappa shape index (κ3) is 5.15. The van der Waals surface area contributed by atoms with Gasteiger partial charge >= 0.3 is 0 Å². The average molecular weight is 262 g/mol. The molecule has 0 bridgehead atoms. The zero-order valence-corrected chi connectivity index (χ0v) is 9.42. The zero-order valence-electron chi connectivity index (χ0n) is 9.42. The van der Waals surface area contributed by atoms with E-state index >= 15 is 0 Å². The van der Waals surface area contributed by atoms with Crippen molar-refractivity contribution in [3.05, 3.63) is 30.1 Å². The van der Waals surface area contributed by atoms with Gasteiger partial charge in [0.25, 0.3) is 5.92 Å². The molecule has 0 atom stereocenters. The first-order chi connectivity index (χ1) is 8.43. The number of aliphatic hydroxyl groups is 1. The van der Waals surface area contributed by atoms with Gasteiger partial charge in [0.2, 0.25) is 5.91 Å². The van der Waals surface area contributed by atoms with Gasteiger partial charge in [0.1, 0.15) is 12.4 Å². The van der Waals surface area contributed by atoms with Crippen LogP contribution in [0.1, 0.15) is 0 Å². The van der Waals surface area contributed by atoms with Gasteiger partial charge in [0.05, 0.1) is 13.1 Å². The fourth-order valence-corrected chi connectivity index (χ4v) is 1.15. The van der Waals surface area contributed by atoms with Crippen LogP contribution in [0.4, 0.5) is 18.9 Å². The molecule has 1 rings (SSSR count). The lowest BCUT2D eigenvalue weighted by atomic mass is 10.3. The van der Waals surface area contributed by atoms with E-state index in [0.29, 0.717) is 5.69 Å². The van der Waals surface area contributed by atoms with Crippen LogP contribution in [0.25, 0.3) is 0 Å². The van der Waals surface area contributed by atoms with Gasteiger partial charge in [-0.1, -0.05) is 0 Å². The number of carbonyl (C=O) groups is 1. The Balaban J connectivity index is 2.32. The van der Waals surface area contributed by atoms with Crippen molar-refractivity contribution in [2.75, 3.05) is 25.0 Å². The van der Waals surface area contributed by atoms with Crippen LogP contribution in [0, 0.1) is 5.82 Å². The highest BCUT2D eigenvalue weighted by Gasteiger charge is 2.27. The zero-order chi connectivity index (χ0) is 13.6. The predicted molar refractivity (Wildman–Crippen MR) is 59.9 cm³/mol. The monoisotopic (exact) mass is 262 g/mol. The number of rotatable bonds is 6. The molecule has 7 heteroatoms. The summed E-state index contributed by atoms with van der Waals surface area (Å²) in [5, 5.41) is 12.9. The molecule has 0 saturated carbocycles. The molecule has 0 aromatic heterocycles. The Hall–Kier alpha value is -1.60. The quantitative estimate of drug-likeness (QED) is 0.716. The van der Waals surface area contributed by atoms with E-state index in [9.17, 15) is 18.0 Å². The summed E-state index contributed by atoms with van der Waals surface area (Å²) in [5.41, 5.74) is 0.372. The summed E-state index contributed by atoms with van der Waals surface area (Å²) in [6.45, 7) is -2.40. The molecule has 3 N–H and O–H groups in total. The Morgan fingerprint density at radius 3 is 2.44 bits per heavy atom. The number of amides is 1. The lowest BCUT2D eigenvalue weighted by Crippen LogP contribution is -2.39. The molecule has 1 amide bonds. The summed E-state index contributed by atoms with van der Waals surface area (Å²) >= 11 is 0. The normalized spacial score (nSPS) is 11.3. The summed E-state index contributed by atoms with van der Waals surface area (Å²) in [6.07, 6.45) is 0. The second-order valence-corrected chi connectivity index (χ2v) is 3.67. The molecule has 0 unspecified atom stereocenters. The van der Waals surface area contributed by atoms with E-state index < -0.39 is 30.8 Å². The number of benzene rings is 1. The first-order valence-corrected chi connectivity index (χ1v) is 5.18. The van der Waals surface area contributed by atoms with Crippen molar-refractivity contribution in [3.63, 3.8) is 0 Å². The van der Waals surface area contributed by atoms with E-state index in [2.05, 4.69) is 10.6 Å². The molecule has 0 aliphatic heterocycles. The number of anilines is 1. The fourth-order valence-electron chi connectivity index (χ4n) is 1.15. The summed E-state index contributed by atoms with van der Waals surface area (Å²) < 4.78 is 37.7. The minimum Gasteiger partial charge on any atom is -0.390 e. The second kappa shape index (κ2) is 6.36. The van der Waals surface area contributed by atoms with Gasteiger partial charge in [-0.15, -0.1) is 0 Å². The lowest BCUT2D eigenvalue weighted by molar-refractivity contribution is -0.115. The molecule has 0 radical (unpaired) electrons. The van der Waals surface area contributed by atoms with Crippen molar-refractivity contribution < 1.29 is 23.1 Å². The van der Waals surface area contributed by atoms with Crippen LogP contribution in [-0.4, -0.2) is 36.6 Å². The van der Waals surface area contributed by atoms with E-state index in [4.69, 9.17) is 5.11 Å². The molecule has 1 aromatic rings. The first-order valence-electron chi connectivity index (χ1n) is 5.18. The van der Waals surface area contributed by atoms with E-state index in [0.717, 1.165) is 0 Å². The third-order valence-electron chi connectivity index (χ3n) is 2.03. The van der Waals surface area contributed by atoms with Crippen molar-refractivity contribution in [2.24, 2.45) is 0 Å². The largest absolute Gasteiger partial charge is 0.390 e. The smallest absolute Gasteiger partial charge is 0.282 e. The molecule has 0 aliphatic rings. The number of hydrogen-bond donors (Lipinski definition) is 3. The van der Waals surface area contributed by atoms with Crippen molar-refractivity contribution in [1.82, 2.24) is 5.32 Å². The first kappa shape index (κ1) is 14.5. The Morgan fingerprint density at radius 2 is 1.89 bits per heavy atom. The standard InChI is InChI=1S/C11H13F3N2O2/c12-8-1-3-9(4-2-8)16-10(18)5-15-6-11(13,14)7-17/h1-4,15,17H,5-7H2,(H,16,18). The number of aliphatic hydroxyl groups excluding tert-OH is 1. The molecular weight excluding hydrogens is 249 g/mol. The van der Waals surface area contributed by atoms with Gasteiger partial charge in [0.15, 0.2) is 0 Å². The highest BCUT2D eigenvalue weighted by molar-refractivity contribution is 5.92. The Labute approximate surface area is 102 Å². The molecule has 100 valence electrons. The third-order valence-corrected chi connectivity index (χ3v) is 2.03. The predicted octanol–water partition coefficient (Wildman–Crippen LogP) is 0.981. The lowest BCUT2D eigenvalue weighted by Gasteiger charge is -2.13. The molecule has 0 fully saturated rings. The SMILES string of the molecule is O=C(CNCC(F)(F)CO)Nc1ccc(F)cc1. The van der Waals surface area contributed by atoms with Gasteiger partial charge in [0, 0.05) is 5.69 Å². The fraction of sp³-hybridized carbons (Fsp3) is 0.364. The Morgan fingerprint density at radius 1 is 1.28 bits per heavy atom. The van der Waals surface area contributed by atoms with Gasteiger partial charge < -0.3 is 15.7 Å². The molecule has 1 aromatic carbocycles. The van der Waals surface area contributed by atoms with E-state index in [-0.39, 0.29) is 6.54 Å². The van der Waals surface area contributed by atoms with Crippen molar-refractivity contribution in [3.8, 4) is 0 Å². The number of nitrogens with one attached hydrogen (secondary N) is 2. The minimum absolute atomic E-state index is 0.326. The van der Waals surface area contributed by atoms with Crippen molar-refractivity contribution in [2.45, 2.75) is 5.92 Å². The molecule has 0 spiro atoms. The highest BCUT2D eigenvalue weighted by Crippen LogP contribution is 2.10. The highest BCUT2D eigenvalue weighted by atomic mass is 19.3. The van der Waals surface area contributed by atoms with Crippen LogP contribution in [0.15, 0.2) is 24.3 Å². The van der Waals surface area contributed by atoms with Crippen molar-refractivity contribution >= 4 is 11.6 Å². The number of carbonyl (C=O) groups excluding carboxylic acids is 1. The number of halogens is 3. The summed E-state index contributed by atoms with van der Waals surface area (Å²) in [4.78, 5) is 11.3. The van der Waals surface area contributed by atoms with Gasteiger partial charge in [-0.25, -0.2) is 13.2 Å². The van der Waals surface area contributed by atoms with Crippen LogP contribution in [-0.2, 0) is 4.79 Å². The number of hydrogen-bond acceptors (Lipinski definition) is 3. The van der Waals surface area contributed by atoms with Crippen LogP contribution in [0.5, 0.6) is 0 Å². The molecule has 0 aliphatic carbocycles. The average Bonchev–Trinajstić information content (AvgIpc) is 2.32. The number of alkyl halides is 2. The molecule has 18 heavy (non-hydrogen) atoms. The molecule has 0 saturated heterocycles. The molecular formula is C11H13F3N2O2. The van der Waals surface area contributed by atoms with Crippen LogP contribution in [0.3, 0.4) is 0 Å². The summed E-state index contributed by atoms with van der Waals surface area (Å²) in [5.74, 6) is -4.22. The van der Waals surface area contributed by atoms with E-state index in [1.165, 1.54) is 24.3 Å². The van der Waals surface area contributed by atoms with Crippen LogP contribution >= 0.6 is 0 Å². The Bertz CT molecular complexity index is 396. The van der Waals surface area contributed by atoms with Gasteiger partial charge in [-0.05, 0) is 24.3 Å². The minimum atomic E-state index is -3.25. The maximum atomic E-state index is 12.6. The molecule has 4 nitrogen and oxygen atoms in total. The van der Waals surface area contributed by atoms with Crippen molar-refractivity contribution in [1.29, 1.82) is 0 Å². The van der Waals surface area contributed by atoms with Crippen LogP contribution in [0.2, 0.25) is 0 Å². The second-order valence-electron chi connectivity index (χ2n) is 3.67. The maximum Gasteiger partial charge on any atom is 0.282 e. The van der Waals surface area contributed by atoms with Gasteiger partial charge in [-0.3, -0.25) is 4.79 Å². The summed E-state index contributed by atoms with van der Waals surface area (Å²) in [6, 6.07) is 5.05. The maximum absolute atomic E-state index is 12.6. The van der Waals surface area contributed by atoms with Crippen LogP contribution < -0.4 is 10.6 Å². The van der Waals surface area contributed by atoms with Gasteiger partial charge in [-0.2, -0.15) is 0 Å². The van der Waals surface area contributed by atoms with E-state index in [1.54, 1.807) is 0 Å².